The lowest BCUT2D eigenvalue weighted by molar-refractivity contribution is 1.04. The molecule has 0 spiro atoms. The molecule has 2 aromatic carbocycles. The lowest BCUT2D eigenvalue weighted by Crippen LogP contribution is -1.99. The van der Waals surface area contributed by atoms with Crippen LogP contribution in [-0.4, -0.2) is 9.97 Å². The van der Waals surface area contributed by atoms with Crippen LogP contribution in [0.1, 0.15) is 25.1 Å². The molecule has 0 fully saturated rings. The van der Waals surface area contributed by atoms with Crippen molar-refractivity contribution < 1.29 is 0 Å². The van der Waals surface area contributed by atoms with E-state index in [-0.39, 0.29) is 0 Å². The van der Waals surface area contributed by atoms with E-state index in [1.54, 1.807) is 0 Å². The number of para-hydroxylation sites is 1. The summed E-state index contributed by atoms with van der Waals surface area (Å²) in [5, 5.41) is 0. The third-order valence-electron chi connectivity index (χ3n) is 3.41. The van der Waals surface area contributed by atoms with Crippen molar-refractivity contribution in [3.05, 3.63) is 59.8 Å². The molecule has 0 radical (unpaired) electrons. The third-order valence-corrected chi connectivity index (χ3v) is 3.41. The van der Waals surface area contributed by atoms with Gasteiger partial charge >= 0.3 is 0 Å². The average molecular weight is 272 g/mol. The van der Waals surface area contributed by atoms with Gasteiger partial charge < -0.3 is 0 Å². The molecule has 21 heavy (non-hydrogen) atoms. The van der Waals surface area contributed by atoms with Crippen molar-refractivity contribution in [3.63, 3.8) is 0 Å². The van der Waals surface area contributed by atoms with Crippen LogP contribution in [0.25, 0.3) is 22.3 Å². The first-order valence-electron chi connectivity index (χ1n) is 7.11. The molecule has 1 aromatic heterocycles. The summed E-state index contributed by atoms with van der Waals surface area (Å²) in [6.45, 7) is 3.95. The molecular weight excluding hydrogens is 256 g/mol. The van der Waals surface area contributed by atoms with Crippen LogP contribution in [0.5, 0.6) is 0 Å². The number of benzene rings is 2. The molecule has 0 amide bonds. The Morgan fingerprint density at radius 2 is 1.76 bits per heavy atom. The maximum Gasteiger partial charge on any atom is 0.105 e. The maximum absolute atomic E-state index is 4.87. The first-order chi connectivity index (χ1) is 10.3. The molecule has 0 saturated carbocycles. The van der Waals surface area contributed by atoms with E-state index in [1.165, 1.54) is 0 Å². The fourth-order valence-electron chi connectivity index (χ4n) is 2.42. The average Bonchev–Trinajstić information content (AvgIpc) is 2.55. The van der Waals surface area contributed by atoms with Crippen LogP contribution in [0.3, 0.4) is 0 Å². The Hall–Kier alpha value is -2.66. The minimum Gasteiger partial charge on any atom is -0.249 e. The van der Waals surface area contributed by atoms with E-state index in [0.29, 0.717) is 0 Å². The van der Waals surface area contributed by atoms with Gasteiger partial charge in [-0.2, -0.15) is 0 Å². The topological polar surface area (TPSA) is 25.8 Å². The SMILES string of the molecule is CC#Cc1cccc2nc(CC)c(-c3ccccc3)nc12. The quantitative estimate of drug-likeness (QED) is 0.652. The second-order valence-corrected chi connectivity index (χ2v) is 4.79. The second-order valence-electron chi connectivity index (χ2n) is 4.79. The van der Waals surface area contributed by atoms with Gasteiger partial charge in [0, 0.05) is 5.56 Å². The molecule has 0 atom stereocenters. The van der Waals surface area contributed by atoms with Crippen molar-refractivity contribution in [2.24, 2.45) is 0 Å². The lowest BCUT2D eigenvalue weighted by atomic mass is 10.1. The summed E-state index contributed by atoms with van der Waals surface area (Å²) in [5.74, 6) is 6.06. The summed E-state index contributed by atoms with van der Waals surface area (Å²) in [4.78, 5) is 9.65. The molecule has 0 bridgehead atoms. The van der Waals surface area contributed by atoms with E-state index in [4.69, 9.17) is 9.97 Å². The minimum atomic E-state index is 0.858. The van der Waals surface area contributed by atoms with Crippen molar-refractivity contribution >= 4 is 11.0 Å². The van der Waals surface area contributed by atoms with Crippen LogP contribution in [0.2, 0.25) is 0 Å². The Kier molecular flexibility index (Phi) is 3.66. The van der Waals surface area contributed by atoms with E-state index in [9.17, 15) is 0 Å². The molecule has 2 nitrogen and oxygen atoms in total. The summed E-state index contributed by atoms with van der Waals surface area (Å²) in [6.07, 6.45) is 0.858. The predicted octanol–water partition coefficient (Wildman–Crippen LogP) is 4.23. The van der Waals surface area contributed by atoms with Gasteiger partial charge in [-0.05, 0) is 25.5 Å². The summed E-state index contributed by atoms with van der Waals surface area (Å²) < 4.78 is 0. The standard InChI is InChI=1S/C19H16N2/c1-3-9-14-12-8-13-17-19(14)21-18(16(4-2)20-17)15-10-6-5-7-11-15/h5-8,10-13H,4H2,1-2H3. The zero-order chi connectivity index (χ0) is 14.7. The zero-order valence-corrected chi connectivity index (χ0v) is 12.2. The molecular formula is C19H16N2. The smallest absolute Gasteiger partial charge is 0.105 e. The molecule has 102 valence electrons. The minimum absolute atomic E-state index is 0.858. The van der Waals surface area contributed by atoms with E-state index in [2.05, 4.69) is 30.9 Å². The third kappa shape index (κ3) is 2.51. The highest BCUT2D eigenvalue weighted by Crippen LogP contribution is 2.25. The second kappa shape index (κ2) is 5.76. The Bertz CT molecular complexity index is 840. The predicted molar refractivity (Wildman–Crippen MR) is 86.9 cm³/mol. The number of rotatable bonds is 2. The van der Waals surface area contributed by atoms with E-state index in [0.717, 1.165) is 40.0 Å². The monoisotopic (exact) mass is 272 g/mol. The van der Waals surface area contributed by atoms with Crippen molar-refractivity contribution in [3.8, 4) is 23.1 Å². The summed E-state index contributed by atoms with van der Waals surface area (Å²) in [5.41, 5.74) is 5.80. The van der Waals surface area contributed by atoms with Crippen LogP contribution < -0.4 is 0 Å². The van der Waals surface area contributed by atoms with Gasteiger partial charge in [0.05, 0.1) is 22.5 Å². The number of aromatic nitrogens is 2. The highest BCUT2D eigenvalue weighted by Gasteiger charge is 2.11. The maximum atomic E-state index is 4.87. The van der Waals surface area contributed by atoms with E-state index >= 15 is 0 Å². The largest absolute Gasteiger partial charge is 0.249 e. The molecule has 3 rings (SSSR count). The highest BCUT2D eigenvalue weighted by atomic mass is 14.8. The van der Waals surface area contributed by atoms with Crippen molar-refractivity contribution in [1.82, 2.24) is 9.97 Å². The van der Waals surface area contributed by atoms with Crippen LogP contribution in [0.4, 0.5) is 0 Å². The Labute approximate surface area is 124 Å². The van der Waals surface area contributed by atoms with Gasteiger partial charge in [-0.1, -0.05) is 49.2 Å². The summed E-state index contributed by atoms with van der Waals surface area (Å²) in [7, 11) is 0. The molecule has 3 aromatic rings. The molecule has 2 heteroatoms. The van der Waals surface area contributed by atoms with Gasteiger partial charge in [0.15, 0.2) is 0 Å². The van der Waals surface area contributed by atoms with Gasteiger partial charge in [-0.3, -0.25) is 0 Å². The highest BCUT2D eigenvalue weighted by molar-refractivity contribution is 5.84. The normalized spacial score (nSPS) is 10.2. The van der Waals surface area contributed by atoms with Gasteiger partial charge in [0.2, 0.25) is 0 Å². The molecule has 0 aliphatic rings. The van der Waals surface area contributed by atoms with Crippen molar-refractivity contribution in [1.29, 1.82) is 0 Å². The molecule has 0 unspecified atom stereocenters. The van der Waals surface area contributed by atoms with E-state index in [1.807, 2.05) is 43.3 Å². The Balaban J connectivity index is 2.33. The fourth-order valence-corrected chi connectivity index (χ4v) is 2.42. The lowest BCUT2D eigenvalue weighted by Gasteiger charge is -2.09. The number of hydrogen-bond acceptors (Lipinski definition) is 2. The van der Waals surface area contributed by atoms with Crippen LogP contribution in [0, 0.1) is 11.8 Å². The summed E-state index contributed by atoms with van der Waals surface area (Å²) in [6, 6.07) is 16.2. The fraction of sp³-hybridized carbons (Fsp3) is 0.158. The zero-order valence-electron chi connectivity index (χ0n) is 12.2. The first kappa shape index (κ1) is 13.3. The molecule has 1 heterocycles. The number of aryl methyl sites for hydroxylation is 1. The Morgan fingerprint density at radius 1 is 0.952 bits per heavy atom. The van der Waals surface area contributed by atoms with Crippen LogP contribution >= 0.6 is 0 Å². The number of fused-ring (bicyclic) bond motifs is 1. The molecule has 0 N–H and O–H groups in total. The van der Waals surface area contributed by atoms with Crippen molar-refractivity contribution in [2.75, 3.05) is 0 Å². The Morgan fingerprint density at radius 3 is 2.48 bits per heavy atom. The van der Waals surface area contributed by atoms with Gasteiger partial charge in [-0.15, -0.1) is 5.92 Å². The molecule has 0 aliphatic heterocycles. The van der Waals surface area contributed by atoms with Gasteiger partial charge in [-0.25, -0.2) is 9.97 Å². The summed E-state index contributed by atoms with van der Waals surface area (Å²) >= 11 is 0. The van der Waals surface area contributed by atoms with E-state index < -0.39 is 0 Å². The first-order valence-corrected chi connectivity index (χ1v) is 7.11. The van der Waals surface area contributed by atoms with Gasteiger partial charge in [0.25, 0.3) is 0 Å². The molecule has 0 saturated heterocycles. The number of nitrogens with zero attached hydrogens (tertiary/aromatic N) is 2. The van der Waals surface area contributed by atoms with Crippen molar-refractivity contribution in [2.45, 2.75) is 20.3 Å². The van der Waals surface area contributed by atoms with Crippen LogP contribution in [0.15, 0.2) is 48.5 Å². The number of hydrogen-bond donors (Lipinski definition) is 0. The van der Waals surface area contributed by atoms with Gasteiger partial charge in [0.1, 0.15) is 5.52 Å². The van der Waals surface area contributed by atoms with Crippen LogP contribution in [-0.2, 0) is 6.42 Å². The molecule has 0 aliphatic carbocycles.